The van der Waals surface area contributed by atoms with Crippen molar-refractivity contribution in [2.75, 3.05) is 5.32 Å². The van der Waals surface area contributed by atoms with Gasteiger partial charge in [-0.3, -0.25) is 10.1 Å². The van der Waals surface area contributed by atoms with Crippen LogP contribution in [0.1, 0.15) is 15.9 Å². The minimum atomic E-state index is -0.604. The summed E-state index contributed by atoms with van der Waals surface area (Å²) in [6.45, 7) is 0.296. The van der Waals surface area contributed by atoms with Crippen molar-refractivity contribution < 1.29 is 14.0 Å². The lowest BCUT2D eigenvalue weighted by Crippen LogP contribution is -2.28. The Balaban J connectivity index is 1.64. The summed E-state index contributed by atoms with van der Waals surface area (Å²) < 4.78 is 13.0. The molecule has 4 N–H and O–H groups in total. The molecule has 0 saturated heterocycles. The van der Waals surface area contributed by atoms with E-state index < -0.39 is 6.03 Å². The van der Waals surface area contributed by atoms with Gasteiger partial charge in [0.05, 0.1) is 5.69 Å². The number of hydrogen-bond donors (Lipinski definition) is 3. The molecule has 0 bridgehead atoms. The highest BCUT2D eigenvalue weighted by Gasteiger charge is 2.10. The largest absolute Gasteiger partial charge is 0.352 e. The maximum absolute atomic E-state index is 13.0. The number of thiazole rings is 1. The zero-order valence-corrected chi connectivity index (χ0v) is 14.3. The van der Waals surface area contributed by atoms with E-state index >= 15 is 0 Å². The standard InChI is InChI=1S/C18H15FN4O2S/c19-14-7-5-12(6-8-14)15-10-26-18(22-15)23-16(24)13-3-1-11(2-4-13)9-21-17(20)25/h1-8,10H,9H2,(H3,20,21,25)(H,22,23,24). The number of carbonyl (C=O) groups excluding carboxylic acids is 2. The van der Waals surface area contributed by atoms with Gasteiger partial charge in [0.1, 0.15) is 5.82 Å². The predicted octanol–water partition coefficient (Wildman–Crippen LogP) is 3.37. The maximum Gasteiger partial charge on any atom is 0.312 e. The molecule has 0 unspecified atom stereocenters. The average molecular weight is 370 g/mol. The molecule has 2 aromatic carbocycles. The first-order valence-electron chi connectivity index (χ1n) is 7.66. The number of carbonyl (C=O) groups is 2. The number of nitrogens with zero attached hydrogens (tertiary/aromatic N) is 1. The minimum Gasteiger partial charge on any atom is -0.352 e. The molecule has 0 atom stereocenters. The Bertz CT molecular complexity index is 923. The van der Waals surface area contributed by atoms with E-state index in [0.29, 0.717) is 22.9 Å². The lowest BCUT2D eigenvalue weighted by atomic mass is 10.1. The van der Waals surface area contributed by atoms with Crippen LogP contribution >= 0.6 is 11.3 Å². The maximum atomic E-state index is 13.0. The summed E-state index contributed by atoms with van der Waals surface area (Å²) in [4.78, 5) is 27.3. The second-order valence-electron chi connectivity index (χ2n) is 5.41. The first-order valence-corrected chi connectivity index (χ1v) is 8.54. The molecule has 0 aliphatic carbocycles. The van der Waals surface area contributed by atoms with Gasteiger partial charge in [-0.1, -0.05) is 12.1 Å². The Morgan fingerprint density at radius 3 is 2.42 bits per heavy atom. The second kappa shape index (κ2) is 7.75. The number of nitrogens with two attached hydrogens (primary N) is 1. The Kier molecular flexibility index (Phi) is 5.23. The van der Waals surface area contributed by atoms with Gasteiger partial charge in [0.2, 0.25) is 0 Å². The van der Waals surface area contributed by atoms with Crippen LogP contribution in [-0.2, 0) is 6.54 Å². The monoisotopic (exact) mass is 370 g/mol. The van der Waals surface area contributed by atoms with Crippen molar-refractivity contribution in [3.05, 3.63) is 70.9 Å². The topological polar surface area (TPSA) is 97.1 Å². The summed E-state index contributed by atoms with van der Waals surface area (Å²) in [5, 5.41) is 7.46. The first kappa shape index (κ1) is 17.6. The summed E-state index contributed by atoms with van der Waals surface area (Å²) in [7, 11) is 0. The van der Waals surface area contributed by atoms with Gasteiger partial charge in [0, 0.05) is 23.1 Å². The number of benzene rings is 2. The van der Waals surface area contributed by atoms with Crippen molar-refractivity contribution in [3.8, 4) is 11.3 Å². The molecule has 6 nitrogen and oxygen atoms in total. The number of aromatic nitrogens is 1. The number of rotatable bonds is 5. The van der Waals surface area contributed by atoms with Gasteiger partial charge in [0.15, 0.2) is 5.13 Å². The van der Waals surface area contributed by atoms with E-state index in [4.69, 9.17) is 5.73 Å². The fourth-order valence-electron chi connectivity index (χ4n) is 2.22. The number of primary amides is 1. The summed E-state index contributed by atoms with van der Waals surface area (Å²) >= 11 is 1.29. The molecule has 0 aliphatic rings. The molecule has 8 heteroatoms. The Hall–Kier alpha value is -3.26. The summed E-state index contributed by atoms with van der Waals surface area (Å²) in [6.07, 6.45) is 0. The van der Waals surface area contributed by atoms with Crippen molar-refractivity contribution >= 4 is 28.4 Å². The zero-order chi connectivity index (χ0) is 18.5. The van der Waals surface area contributed by atoms with Gasteiger partial charge in [-0.05, 0) is 42.0 Å². The zero-order valence-electron chi connectivity index (χ0n) is 13.5. The number of halogens is 1. The van der Waals surface area contributed by atoms with Gasteiger partial charge >= 0.3 is 6.03 Å². The van der Waals surface area contributed by atoms with Crippen LogP contribution in [0.25, 0.3) is 11.3 Å². The molecular formula is C18H15FN4O2S. The minimum absolute atomic E-state index is 0.292. The summed E-state index contributed by atoms with van der Waals surface area (Å²) in [5.74, 6) is -0.605. The molecular weight excluding hydrogens is 355 g/mol. The molecule has 132 valence electrons. The van der Waals surface area contributed by atoms with Crippen LogP contribution in [-0.4, -0.2) is 16.9 Å². The second-order valence-corrected chi connectivity index (χ2v) is 6.27. The van der Waals surface area contributed by atoms with E-state index in [1.165, 1.54) is 23.5 Å². The molecule has 0 saturated carbocycles. The third-order valence-corrected chi connectivity index (χ3v) is 4.31. The van der Waals surface area contributed by atoms with Crippen LogP contribution < -0.4 is 16.4 Å². The van der Waals surface area contributed by atoms with Crippen molar-refractivity contribution in [2.45, 2.75) is 6.54 Å². The summed E-state index contributed by atoms with van der Waals surface area (Å²) in [5.41, 5.74) is 7.75. The van der Waals surface area contributed by atoms with Crippen molar-refractivity contribution in [2.24, 2.45) is 5.73 Å². The normalized spacial score (nSPS) is 10.3. The molecule has 0 radical (unpaired) electrons. The SMILES string of the molecule is NC(=O)NCc1ccc(C(=O)Nc2nc(-c3ccc(F)cc3)cs2)cc1. The van der Waals surface area contributed by atoms with E-state index in [1.54, 1.807) is 41.8 Å². The molecule has 1 aromatic heterocycles. The van der Waals surface area contributed by atoms with E-state index in [9.17, 15) is 14.0 Å². The number of anilines is 1. The lowest BCUT2D eigenvalue weighted by molar-refractivity contribution is 0.102. The van der Waals surface area contributed by atoms with Crippen molar-refractivity contribution in [3.63, 3.8) is 0 Å². The highest BCUT2D eigenvalue weighted by Crippen LogP contribution is 2.25. The van der Waals surface area contributed by atoms with Crippen LogP contribution in [0, 0.1) is 5.82 Å². The highest BCUT2D eigenvalue weighted by atomic mass is 32.1. The number of hydrogen-bond acceptors (Lipinski definition) is 4. The highest BCUT2D eigenvalue weighted by molar-refractivity contribution is 7.14. The number of amides is 3. The number of urea groups is 1. The average Bonchev–Trinajstić information content (AvgIpc) is 3.09. The third kappa shape index (κ3) is 4.42. The Labute approximate surface area is 152 Å². The quantitative estimate of drug-likeness (QED) is 0.642. The molecule has 3 rings (SSSR count). The van der Waals surface area contributed by atoms with E-state index in [1.807, 2.05) is 0 Å². The number of nitrogens with one attached hydrogen (secondary N) is 2. The van der Waals surface area contributed by atoms with E-state index in [2.05, 4.69) is 15.6 Å². The van der Waals surface area contributed by atoms with Crippen LogP contribution in [0.5, 0.6) is 0 Å². The van der Waals surface area contributed by atoms with Crippen molar-refractivity contribution in [1.29, 1.82) is 0 Å². The third-order valence-electron chi connectivity index (χ3n) is 3.55. The van der Waals surface area contributed by atoms with Crippen LogP contribution in [0.15, 0.2) is 53.9 Å². The van der Waals surface area contributed by atoms with Gasteiger partial charge in [-0.15, -0.1) is 11.3 Å². The molecule has 3 amide bonds. The summed E-state index contributed by atoms with van der Waals surface area (Å²) in [6, 6.07) is 12.2. The molecule has 0 fully saturated rings. The van der Waals surface area contributed by atoms with E-state index in [-0.39, 0.29) is 11.7 Å². The van der Waals surface area contributed by atoms with Crippen LogP contribution in [0.3, 0.4) is 0 Å². The molecule has 1 heterocycles. The molecule has 26 heavy (non-hydrogen) atoms. The smallest absolute Gasteiger partial charge is 0.312 e. The van der Waals surface area contributed by atoms with E-state index in [0.717, 1.165) is 11.1 Å². The van der Waals surface area contributed by atoms with Gasteiger partial charge in [0.25, 0.3) is 5.91 Å². The fourth-order valence-corrected chi connectivity index (χ4v) is 2.93. The Morgan fingerprint density at radius 1 is 1.08 bits per heavy atom. The first-order chi connectivity index (χ1) is 12.5. The van der Waals surface area contributed by atoms with Gasteiger partial charge < -0.3 is 11.1 Å². The van der Waals surface area contributed by atoms with Crippen LogP contribution in [0.2, 0.25) is 0 Å². The fraction of sp³-hybridized carbons (Fsp3) is 0.0556. The molecule has 0 aliphatic heterocycles. The van der Waals surface area contributed by atoms with Gasteiger partial charge in [-0.25, -0.2) is 14.2 Å². The lowest BCUT2D eigenvalue weighted by Gasteiger charge is -2.05. The van der Waals surface area contributed by atoms with Crippen LogP contribution in [0.4, 0.5) is 14.3 Å². The van der Waals surface area contributed by atoms with Crippen molar-refractivity contribution in [1.82, 2.24) is 10.3 Å². The molecule has 3 aromatic rings. The molecule has 0 spiro atoms. The predicted molar refractivity (Wildman–Crippen MR) is 98.3 cm³/mol. The van der Waals surface area contributed by atoms with Gasteiger partial charge in [-0.2, -0.15) is 0 Å². The Morgan fingerprint density at radius 2 is 1.77 bits per heavy atom.